The normalized spacial score (nSPS) is 23.4. The first-order chi connectivity index (χ1) is 10.6. The molecule has 1 aromatic carbocycles. The second-order valence-electron chi connectivity index (χ2n) is 6.90. The molecule has 122 valence electrons. The third-order valence-corrected chi connectivity index (χ3v) is 5.72. The van der Waals surface area contributed by atoms with Gasteiger partial charge in [-0.1, -0.05) is 26.0 Å². The Labute approximate surface area is 135 Å². The number of benzene rings is 1. The first kappa shape index (κ1) is 15.8. The number of aryl methyl sites for hydroxylation is 1. The van der Waals surface area contributed by atoms with E-state index >= 15 is 0 Å². The summed E-state index contributed by atoms with van der Waals surface area (Å²) in [6.07, 6.45) is 3.38. The number of rotatable bonds is 3. The van der Waals surface area contributed by atoms with Crippen molar-refractivity contribution in [3.63, 3.8) is 0 Å². The molecular weight excluding hydrogens is 272 g/mol. The Hall–Kier alpha value is -1.06. The highest BCUT2D eigenvalue weighted by Gasteiger charge is 2.43. The van der Waals surface area contributed by atoms with E-state index in [4.69, 9.17) is 4.74 Å². The van der Waals surface area contributed by atoms with Gasteiger partial charge in [-0.05, 0) is 64.0 Å². The largest absolute Gasteiger partial charge is 0.486 e. The van der Waals surface area contributed by atoms with Gasteiger partial charge in [0.1, 0.15) is 11.4 Å². The molecule has 1 atom stereocenters. The van der Waals surface area contributed by atoms with E-state index in [1.807, 2.05) is 0 Å². The Morgan fingerprint density at radius 1 is 1.18 bits per heavy atom. The summed E-state index contributed by atoms with van der Waals surface area (Å²) in [7, 11) is 0. The van der Waals surface area contributed by atoms with E-state index in [1.54, 1.807) is 0 Å². The highest BCUT2D eigenvalue weighted by atomic mass is 16.5. The van der Waals surface area contributed by atoms with Crippen LogP contribution in [0.2, 0.25) is 0 Å². The zero-order valence-electron chi connectivity index (χ0n) is 14.5. The first-order valence-corrected chi connectivity index (χ1v) is 8.84. The first-order valence-electron chi connectivity index (χ1n) is 8.84. The average molecular weight is 302 g/mol. The lowest BCUT2D eigenvalue weighted by Crippen LogP contribution is -2.51. The minimum atomic E-state index is 0.0318. The van der Waals surface area contributed by atoms with Crippen molar-refractivity contribution in [3.8, 4) is 5.75 Å². The van der Waals surface area contributed by atoms with Crippen LogP contribution in [-0.2, 0) is 0 Å². The number of hydrogen-bond acceptors (Lipinski definition) is 3. The third-order valence-electron chi connectivity index (χ3n) is 5.72. The summed E-state index contributed by atoms with van der Waals surface area (Å²) in [4.78, 5) is 2.60. The van der Waals surface area contributed by atoms with Gasteiger partial charge in [0, 0.05) is 18.0 Å². The quantitative estimate of drug-likeness (QED) is 0.923. The van der Waals surface area contributed by atoms with Crippen molar-refractivity contribution in [1.29, 1.82) is 0 Å². The van der Waals surface area contributed by atoms with E-state index in [1.165, 1.54) is 22.4 Å². The second-order valence-corrected chi connectivity index (χ2v) is 6.90. The third kappa shape index (κ3) is 2.65. The van der Waals surface area contributed by atoms with Gasteiger partial charge in [0.25, 0.3) is 0 Å². The van der Waals surface area contributed by atoms with Crippen LogP contribution < -0.4 is 10.1 Å². The van der Waals surface area contributed by atoms with Gasteiger partial charge in [-0.25, -0.2) is 0 Å². The van der Waals surface area contributed by atoms with E-state index in [0.717, 1.165) is 45.4 Å². The summed E-state index contributed by atoms with van der Waals surface area (Å²) in [6, 6.07) is 5.06. The molecule has 1 aromatic rings. The fourth-order valence-electron chi connectivity index (χ4n) is 4.11. The molecular formula is C19H30N2O. The maximum absolute atomic E-state index is 6.67. The zero-order valence-corrected chi connectivity index (χ0v) is 14.5. The van der Waals surface area contributed by atoms with Crippen LogP contribution in [0.15, 0.2) is 12.1 Å². The molecule has 0 saturated carbocycles. The van der Waals surface area contributed by atoms with Crippen molar-refractivity contribution in [2.24, 2.45) is 0 Å². The lowest BCUT2D eigenvalue weighted by atomic mass is 9.79. The van der Waals surface area contributed by atoms with Crippen LogP contribution in [0.4, 0.5) is 0 Å². The topological polar surface area (TPSA) is 24.5 Å². The van der Waals surface area contributed by atoms with E-state index in [2.05, 4.69) is 50.0 Å². The number of ether oxygens (including phenoxy) is 1. The van der Waals surface area contributed by atoms with Crippen LogP contribution in [0.25, 0.3) is 0 Å². The molecule has 0 aromatic heterocycles. The minimum absolute atomic E-state index is 0.0318. The van der Waals surface area contributed by atoms with Crippen molar-refractivity contribution in [2.75, 3.05) is 26.2 Å². The summed E-state index contributed by atoms with van der Waals surface area (Å²) >= 11 is 0. The van der Waals surface area contributed by atoms with Crippen LogP contribution in [0, 0.1) is 13.8 Å². The SMILES string of the molecule is CCN(CC)C1CC2(CCNCC2)Oc2c1ccc(C)c2C. The predicted molar refractivity (Wildman–Crippen MR) is 91.7 cm³/mol. The molecule has 0 bridgehead atoms. The van der Waals surface area contributed by atoms with Gasteiger partial charge in [0.05, 0.1) is 0 Å². The Balaban J connectivity index is 2.05. The smallest absolute Gasteiger partial charge is 0.128 e. The van der Waals surface area contributed by atoms with Gasteiger partial charge in [0.15, 0.2) is 0 Å². The lowest BCUT2D eigenvalue weighted by Gasteiger charge is -2.48. The Morgan fingerprint density at radius 3 is 2.50 bits per heavy atom. The standard InChI is InChI=1S/C19H30N2O/c1-5-21(6-2)17-13-19(9-11-20-12-10-19)22-18-15(4)14(3)7-8-16(17)18/h7-8,17,20H,5-6,9-13H2,1-4H3. The van der Waals surface area contributed by atoms with Gasteiger partial charge in [-0.3, -0.25) is 4.90 Å². The van der Waals surface area contributed by atoms with Crippen LogP contribution in [0.3, 0.4) is 0 Å². The molecule has 3 nitrogen and oxygen atoms in total. The van der Waals surface area contributed by atoms with Crippen molar-refractivity contribution < 1.29 is 4.74 Å². The van der Waals surface area contributed by atoms with E-state index in [0.29, 0.717) is 6.04 Å². The molecule has 0 radical (unpaired) electrons. The number of nitrogens with zero attached hydrogens (tertiary/aromatic N) is 1. The van der Waals surface area contributed by atoms with Crippen LogP contribution in [0.1, 0.15) is 55.8 Å². The predicted octanol–water partition coefficient (Wildman–Crippen LogP) is 3.59. The van der Waals surface area contributed by atoms with E-state index in [9.17, 15) is 0 Å². The molecule has 2 aliphatic heterocycles. The van der Waals surface area contributed by atoms with Crippen molar-refractivity contribution in [2.45, 2.75) is 58.6 Å². The van der Waals surface area contributed by atoms with E-state index in [-0.39, 0.29) is 5.60 Å². The molecule has 1 unspecified atom stereocenters. The molecule has 2 aliphatic rings. The average Bonchev–Trinajstić information content (AvgIpc) is 2.53. The number of nitrogens with one attached hydrogen (secondary N) is 1. The van der Waals surface area contributed by atoms with Gasteiger partial charge in [0.2, 0.25) is 0 Å². The molecule has 1 fully saturated rings. The summed E-state index contributed by atoms with van der Waals surface area (Å²) < 4.78 is 6.67. The molecule has 0 aliphatic carbocycles. The highest BCUT2D eigenvalue weighted by Crippen LogP contribution is 2.47. The maximum Gasteiger partial charge on any atom is 0.128 e. The molecule has 2 heterocycles. The second kappa shape index (κ2) is 6.21. The molecule has 0 amide bonds. The van der Waals surface area contributed by atoms with Gasteiger partial charge in [-0.15, -0.1) is 0 Å². The van der Waals surface area contributed by atoms with Gasteiger partial charge < -0.3 is 10.1 Å². The van der Waals surface area contributed by atoms with Crippen LogP contribution >= 0.6 is 0 Å². The molecule has 3 rings (SSSR count). The molecule has 1 saturated heterocycles. The van der Waals surface area contributed by atoms with Crippen molar-refractivity contribution in [3.05, 3.63) is 28.8 Å². The Morgan fingerprint density at radius 2 is 1.86 bits per heavy atom. The number of fused-ring (bicyclic) bond motifs is 1. The Bertz CT molecular complexity index is 530. The summed E-state index contributed by atoms with van der Waals surface area (Å²) in [6.45, 7) is 13.3. The number of piperidine rings is 1. The monoisotopic (exact) mass is 302 g/mol. The van der Waals surface area contributed by atoms with Gasteiger partial charge >= 0.3 is 0 Å². The van der Waals surface area contributed by atoms with E-state index < -0.39 is 0 Å². The van der Waals surface area contributed by atoms with Crippen molar-refractivity contribution in [1.82, 2.24) is 10.2 Å². The molecule has 22 heavy (non-hydrogen) atoms. The summed E-state index contributed by atoms with van der Waals surface area (Å²) in [5, 5.41) is 3.48. The maximum atomic E-state index is 6.67. The lowest BCUT2D eigenvalue weighted by molar-refractivity contribution is -0.0188. The molecule has 1 spiro atoms. The minimum Gasteiger partial charge on any atom is -0.486 e. The number of hydrogen-bond donors (Lipinski definition) is 1. The highest BCUT2D eigenvalue weighted by molar-refractivity contribution is 5.49. The molecule has 1 N–H and O–H groups in total. The zero-order chi connectivity index (χ0) is 15.7. The van der Waals surface area contributed by atoms with Crippen LogP contribution in [0.5, 0.6) is 5.75 Å². The fraction of sp³-hybridized carbons (Fsp3) is 0.684. The molecule has 3 heteroatoms. The Kier molecular flexibility index (Phi) is 4.47. The van der Waals surface area contributed by atoms with Crippen LogP contribution in [-0.4, -0.2) is 36.7 Å². The van der Waals surface area contributed by atoms with Gasteiger partial charge in [-0.2, -0.15) is 0 Å². The van der Waals surface area contributed by atoms with Crippen molar-refractivity contribution >= 4 is 0 Å². The summed E-state index contributed by atoms with van der Waals surface area (Å²) in [5.41, 5.74) is 4.09. The fourth-order valence-corrected chi connectivity index (χ4v) is 4.11. The summed E-state index contributed by atoms with van der Waals surface area (Å²) in [5.74, 6) is 1.17.